The number of pyridine rings is 1. The molecule has 0 saturated carbocycles. The van der Waals surface area contributed by atoms with E-state index < -0.39 is 0 Å². The van der Waals surface area contributed by atoms with Gasteiger partial charge in [-0.2, -0.15) is 0 Å². The van der Waals surface area contributed by atoms with E-state index >= 15 is 0 Å². The molecule has 0 saturated heterocycles. The Morgan fingerprint density at radius 1 is 0.387 bits per heavy atom. The van der Waals surface area contributed by atoms with Gasteiger partial charge in [0.25, 0.3) is 0 Å². The van der Waals surface area contributed by atoms with Crippen molar-refractivity contribution in [2.75, 3.05) is 0 Å². The molecule has 1 aliphatic rings. The van der Waals surface area contributed by atoms with Gasteiger partial charge < -0.3 is 5.32 Å². The van der Waals surface area contributed by atoms with E-state index in [9.17, 15) is 0 Å². The summed E-state index contributed by atoms with van der Waals surface area (Å²) in [6.07, 6.45) is 2.27. The van der Waals surface area contributed by atoms with Crippen LogP contribution < -0.4 is 5.32 Å². The summed E-state index contributed by atoms with van der Waals surface area (Å²) in [7, 11) is 0. The Morgan fingerprint density at radius 2 is 0.839 bits per heavy atom. The van der Waals surface area contributed by atoms with Gasteiger partial charge in [0.15, 0.2) is 0 Å². The molecule has 0 spiro atoms. The lowest BCUT2D eigenvalue weighted by atomic mass is 9.85. The maximum absolute atomic E-state index is 5.39. The van der Waals surface area contributed by atoms with E-state index in [1.807, 2.05) is 6.07 Å². The van der Waals surface area contributed by atoms with Gasteiger partial charge in [0.05, 0.1) is 17.1 Å². The number of hydrogen-bond donors (Lipinski definition) is 1. The molecule has 0 amide bonds. The quantitative estimate of drug-likeness (QED) is 0.147. The predicted octanol–water partition coefficient (Wildman–Crippen LogP) is 15.3. The minimum Gasteiger partial charge on any atom is -0.354 e. The Bertz CT molecular complexity index is 3060. The minimum absolute atomic E-state index is 0.913. The number of nitrogens with one attached hydrogen (secondary N) is 1. The first-order valence-electron chi connectivity index (χ1n) is 21.0. The summed E-state index contributed by atoms with van der Waals surface area (Å²) in [5.74, 6) is 0. The van der Waals surface area contributed by atoms with Crippen LogP contribution in [0.4, 0.5) is 0 Å². The van der Waals surface area contributed by atoms with Crippen LogP contribution in [0.15, 0.2) is 243 Å². The van der Waals surface area contributed by atoms with Gasteiger partial charge in [0.2, 0.25) is 0 Å². The number of fused-ring (bicyclic) bond motifs is 1. The molecular formula is C60H42N2. The first-order chi connectivity index (χ1) is 30.7. The summed E-state index contributed by atoms with van der Waals surface area (Å²) < 4.78 is 0. The van der Waals surface area contributed by atoms with Crippen molar-refractivity contribution in [3.8, 4) is 55.9 Å². The van der Waals surface area contributed by atoms with Crippen molar-refractivity contribution < 1.29 is 0 Å². The lowest BCUT2D eigenvalue weighted by Crippen LogP contribution is -2.18. The second kappa shape index (κ2) is 17.1. The van der Waals surface area contributed by atoms with E-state index in [1.54, 1.807) is 0 Å². The molecule has 0 unspecified atom stereocenters. The van der Waals surface area contributed by atoms with Crippen LogP contribution >= 0.6 is 0 Å². The monoisotopic (exact) mass is 790 g/mol. The summed E-state index contributed by atoms with van der Waals surface area (Å²) in [5.41, 5.74) is 23.5. The number of benzene rings is 8. The summed E-state index contributed by atoms with van der Waals surface area (Å²) >= 11 is 0. The second-order valence-electron chi connectivity index (χ2n) is 15.4. The van der Waals surface area contributed by atoms with Crippen LogP contribution in [0.3, 0.4) is 0 Å². The number of aromatic nitrogens is 1. The molecular weight excluding hydrogens is 749 g/mol. The smallest absolute Gasteiger partial charge is 0.0715 e. The highest BCUT2D eigenvalue weighted by molar-refractivity contribution is 6.17. The molecule has 0 aliphatic carbocycles. The van der Waals surface area contributed by atoms with Crippen molar-refractivity contribution in [2.24, 2.45) is 0 Å². The van der Waals surface area contributed by atoms with Gasteiger partial charge in [-0.15, -0.1) is 5.73 Å². The molecule has 62 heavy (non-hydrogen) atoms. The maximum atomic E-state index is 5.39. The zero-order chi connectivity index (χ0) is 41.7. The molecule has 292 valence electrons. The first-order valence-corrected chi connectivity index (χ1v) is 21.0. The van der Waals surface area contributed by atoms with Gasteiger partial charge in [0, 0.05) is 33.5 Å². The zero-order valence-corrected chi connectivity index (χ0v) is 34.2. The van der Waals surface area contributed by atoms with Crippen molar-refractivity contribution in [3.05, 3.63) is 271 Å². The number of nitrogens with zero attached hydrogens (tertiary/aromatic N) is 1. The van der Waals surface area contributed by atoms with Gasteiger partial charge in [-0.1, -0.05) is 207 Å². The second-order valence-corrected chi connectivity index (χ2v) is 15.4. The first kappa shape index (κ1) is 37.9. The third-order valence-corrected chi connectivity index (χ3v) is 11.5. The van der Waals surface area contributed by atoms with Crippen molar-refractivity contribution in [2.45, 2.75) is 0 Å². The largest absolute Gasteiger partial charge is 0.354 e. The van der Waals surface area contributed by atoms with E-state index in [0.717, 1.165) is 95.1 Å². The SMILES string of the molecule is C=C=C(/C(=C1\NC(c2ccccc2)=Cc2cc(-c3cc(-c4cccc(-c5ccccc5)c4)nc(-c4cccc(-c5ccccc5)c4)c3)ccc21)c1ccccc1)c1ccccc1. The van der Waals surface area contributed by atoms with Gasteiger partial charge in [0.1, 0.15) is 0 Å². The number of rotatable bonds is 9. The van der Waals surface area contributed by atoms with Crippen LogP contribution in [0.25, 0.3) is 84.5 Å². The highest BCUT2D eigenvalue weighted by Gasteiger charge is 2.24. The Hall–Kier alpha value is -8.29. The Morgan fingerprint density at radius 3 is 1.37 bits per heavy atom. The lowest BCUT2D eigenvalue weighted by Gasteiger charge is -2.27. The molecule has 10 rings (SSSR count). The fourth-order valence-electron chi connectivity index (χ4n) is 8.38. The van der Waals surface area contributed by atoms with Gasteiger partial charge >= 0.3 is 0 Å². The fourth-order valence-corrected chi connectivity index (χ4v) is 8.38. The fraction of sp³-hybridized carbons (Fsp3) is 0. The van der Waals surface area contributed by atoms with Crippen molar-refractivity contribution >= 4 is 28.6 Å². The van der Waals surface area contributed by atoms with Crippen LogP contribution in [0.2, 0.25) is 0 Å². The molecule has 0 atom stereocenters. The normalized spacial score (nSPS) is 12.6. The summed E-state index contributed by atoms with van der Waals surface area (Å²) in [6, 6.07) is 81.3. The van der Waals surface area contributed by atoms with Gasteiger partial charge in [-0.3, -0.25) is 0 Å². The lowest BCUT2D eigenvalue weighted by molar-refractivity contribution is 1.22. The maximum Gasteiger partial charge on any atom is 0.0715 e. The third-order valence-electron chi connectivity index (χ3n) is 11.5. The van der Waals surface area contributed by atoms with Crippen molar-refractivity contribution in [1.29, 1.82) is 0 Å². The zero-order valence-electron chi connectivity index (χ0n) is 34.2. The summed E-state index contributed by atoms with van der Waals surface area (Å²) in [5, 5.41) is 3.91. The number of hydrogen-bond acceptors (Lipinski definition) is 2. The van der Waals surface area contributed by atoms with Gasteiger partial charge in [-0.25, -0.2) is 4.98 Å². The van der Waals surface area contributed by atoms with Crippen LogP contribution in [-0.2, 0) is 0 Å². The van der Waals surface area contributed by atoms with Crippen LogP contribution in [0.5, 0.6) is 0 Å². The Labute approximate surface area is 363 Å². The van der Waals surface area contributed by atoms with Crippen LogP contribution in [-0.4, -0.2) is 4.98 Å². The predicted molar refractivity (Wildman–Crippen MR) is 261 cm³/mol. The van der Waals surface area contributed by atoms with E-state index in [-0.39, 0.29) is 0 Å². The van der Waals surface area contributed by atoms with E-state index in [4.69, 9.17) is 4.98 Å². The van der Waals surface area contributed by atoms with Crippen molar-refractivity contribution in [3.63, 3.8) is 0 Å². The molecule has 2 nitrogen and oxygen atoms in total. The minimum atomic E-state index is 0.913. The highest BCUT2D eigenvalue weighted by Crippen LogP contribution is 2.42. The van der Waals surface area contributed by atoms with E-state index in [0.29, 0.717) is 0 Å². The molecule has 9 aromatic rings. The van der Waals surface area contributed by atoms with E-state index in [2.05, 4.69) is 248 Å². The summed E-state index contributed by atoms with van der Waals surface area (Å²) in [6.45, 7) is 4.23. The molecule has 1 aliphatic heterocycles. The molecule has 0 radical (unpaired) electrons. The van der Waals surface area contributed by atoms with E-state index in [1.165, 1.54) is 11.1 Å². The van der Waals surface area contributed by atoms with Crippen LogP contribution in [0.1, 0.15) is 27.8 Å². The Kier molecular flexibility index (Phi) is 10.5. The highest BCUT2D eigenvalue weighted by atomic mass is 14.9. The average molecular weight is 791 g/mol. The molecule has 0 fully saturated rings. The molecule has 2 heterocycles. The van der Waals surface area contributed by atoms with Gasteiger partial charge in [-0.05, 0) is 92.0 Å². The number of allylic oxidation sites excluding steroid dienone is 2. The van der Waals surface area contributed by atoms with Crippen LogP contribution in [0, 0.1) is 0 Å². The molecule has 2 heteroatoms. The average Bonchev–Trinajstić information content (AvgIpc) is 3.36. The Balaban J connectivity index is 1.18. The standard InChI is InChI=1S/C60H42N2/c1-2-54(44-24-12-5-13-25-44)59(46-28-16-7-17-29-46)60-55-35-34-49(38-53(55)41-56(62-60)45-26-14-6-15-27-45)52-39-57(50-32-18-30-47(36-50)42-20-8-3-9-21-42)61-58(40-52)51-33-19-31-48(37-51)43-22-10-4-11-23-43/h3-41,62H,1H2/b60-59-. The molecule has 8 aromatic carbocycles. The third kappa shape index (κ3) is 7.78. The topological polar surface area (TPSA) is 24.9 Å². The van der Waals surface area contributed by atoms with Crippen molar-refractivity contribution in [1.82, 2.24) is 10.3 Å². The molecule has 1 aromatic heterocycles. The molecule has 0 bridgehead atoms. The summed E-state index contributed by atoms with van der Waals surface area (Å²) in [4.78, 5) is 5.39. The molecule has 1 N–H and O–H groups in total.